The molecule has 0 bridgehead atoms. The van der Waals surface area contributed by atoms with Crippen LogP contribution < -0.4 is 16.4 Å². The molecule has 0 aromatic heterocycles. The van der Waals surface area contributed by atoms with E-state index in [1.807, 2.05) is 64.1 Å². The molecular weight excluding hydrogens is 496 g/mol. The average Bonchev–Trinajstić information content (AvgIpc) is 2.81. The monoisotopic (exact) mass is 538 g/mol. The number of para-hydroxylation sites is 1. The largest absolute Gasteiger partial charge is 0.444 e. The van der Waals surface area contributed by atoms with Crippen LogP contribution >= 0.6 is 0 Å². The number of hydrogen-bond donors (Lipinski definition) is 3. The Morgan fingerprint density at radius 2 is 1.59 bits per heavy atom. The Balaban J connectivity index is 2.55. The maximum atomic E-state index is 14.0. The third-order valence-electron chi connectivity index (χ3n) is 6.30. The van der Waals surface area contributed by atoms with Gasteiger partial charge in [0.15, 0.2) is 0 Å². The van der Waals surface area contributed by atoms with Crippen LogP contribution in [0.15, 0.2) is 36.4 Å². The fraction of sp³-hybridized carbons (Fsp3) is 0.467. The van der Waals surface area contributed by atoms with Gasteiger partial charge >= 0.3 is 6.09 Å². The number of ether oxygens (including phenoxy) is 1. The molecule has 0 saturated carbocycles. The summed E-state index contributed by atoms with van der Waals surface area (Å²) in [6.45, 7) is 14.7. The Hall–Kier alpha value is -3.88. The number of hydrogen-bond acceptors (Lipinski definition) is 5. The molecule has 0 fully saturated rings. The highest BCUT2D eigenvalue weighted by Crippen LogP contribution is 2.29. The molecule has 2 rings (SSSR count). The van der Waals surface area contributed by atoms with Gasteiger partial charge in [-0.1, -0.05) is 42.0 Å². The van der Waals surface area contributed by atoms with Gasteiger partial charge in [-0.15, -0.1) is 0 Å². The quantitative estimate of drug-likeness (QED) is 0.407. The van der Waals surface area contributed by atoms with Gasteiger partial charge in [0.05, 0.1) is 0 Å². The molecule has 2 atom stereocenters. The minimum atomic E-state index is -1.13. The molecule has 39 heavy (non-hydrogen) atoms. The molecule has 2 unspecified atom stereocenters. The molecule has 2 aromatic carbocycles. The molecule has 0 radical (unpaired) electrons. The molecule has 9 nitrogen and oxygen atoms in total. The number of rotatable bonds is 10. The van der Waals surface area contributed by atoms with Crippen LogP contribution in [0.25, 0.3) is 0 Å². The second-order valence-electron chi connectivity index (χ2n) is 10.8. The van der Waals surface area contributed by atoms with Gasteiger partial charge in [-0.2, -0.15) is 0 Å². The number of aryl methyl sites for hydroxylation is 4. The van der Waals surface area contributed by atoms with E-state index in [2.05, 4.69) is 10.6 Å². The number of carbonyl (C=O) groups is 4. The predicted molar refractivity (Wildman–Crippen MR) is 152 cm³/mol. The third-order valence-corrected chi connectivity index (χ3v) is 6.30. The molecule has 9 heteroatoms. The van der Waals surface area contributed by atoms with Crippen molar-refractivity contribution < 1.29 is 23.9 Å². The lowest BCUT2D eigenvalue weighted by atomic mass is 9.95. The fourth-order valence-corrected chi connectivity index (χ4v) is 4.45. The maximum absolute atomic E-state index is 14.0. The van der Waals surface area contributed by atoms with Crippen LogP contribution in [0, 0.1) is 27.7 Å². The first-order valence-electron chi connectivity index (χ1n) is 13.2. The van der Waals surface area contributed by atoms with Crippen LogP contribution in [0.2, 0.25) is 0 Å². The summed E-state index contributed by atoms with van der Waals surface area (Å²) in [6.07, 6.45) is -0.973. The molecule has 4 amide bonds. The highest BCUT2D eigenvalue weighted by Gasteiger charge is 2.36. The van der Waals surface area contributed by atoms with Crippen LogP contribution in [-0.2, 0) is 19.1 Å². The summed E-state index contributed by atoms with van der Waals surface area (Å²) in [6, 6.07) is 9.28. The first-order chi connectivity index (χ1) is 18.1. The molecule has 2 aromatic rings. The Morgan fingerprint density at radius 1 is 0.974 bits per heavy atom. The number of likely N-dealkylation sites (N-methyl/N-ethyl adjacent to an activating group) is 1. The lowest BCUT2D eigenvalue weighted by Gasteiger charge is -2.34. The number of alkyl carbamates (subject to hydrolysis) is 1. The van der Waals surface area contributed by atoms with Crippen molar-refractivity contribution in [2.24, 2.45) is 5.73 Å². The number of amides is 4. The highest BCUT2D eigenvalue weighted by molar-refractivity contribution is 6.00. The lowest BCUT2D eigenvalue weighted by Crippen LogP contribution is -2.52. The number of carbonyl (C=O) groups excluding carboxylic acids is 4. The fourth-order valence-electron chi connectivity index (χ4n) is 4.45. The average molecular weight is 539 g/mol. The van der Waals surface area contributed by atoms with E-state index in [0.717, 1.165) is 22.3 Å². The Labute approximate surface area is 231 Å². The zero-order valence-corrected chi connectivity index (χ0v) is 24.3. The number of nitrogens with one attached hydrogen (secondary N) is 2. The first-order valence-corrected chi connectivity index (χ1v) is 13.2. The van der Waals surface area contributed by atoms with E-state index in [9.17, 15) is 19.2 Å². The van der Waals surface area contributed by atoms with E-state index in [1.54, 1.807) is 27.7 Å². The van der Waals surface area contributed by atoms with Gasteiger partial charge in [0, 0.05) is 18.7 Å². The third kappa shape index (κ3) is 8.84. The van der Waals surface area contributed by atoms with Crippen molar-refractivity contribution in [1.29, 1.82) is 0 Å². The van der Waals surface area contributed by atoms with E-state index in [1.165, 1.54) is 4.90 Å². The van der Waals surface area contributed by atoms with Crippen molar-refractivity contribution in [2.75, 3.05) is 11.9 Å². The topological polar surface area (TPSA) is 131 Å². The Kier molecular flexibility index (Phi) is 10.7. The minimum absolute atomic E-state index is 0.0397. The second-order valence-corrected chi connectivity index (χ2v) is 10.8. The molecule has 0 saturated heterocycles. The second kappa shape index (κ2) is 13.3. The van der Waals surface area contributed by atoms with Gasteiger partial charge in [0.25, 0.3) is 5.91 Å². The molecule has 212 valence electrons. The van der Waals surface area contributed by atoms with Crippen LogP contribution in [0.1, 0.15) is 74.4 Å². The summed E-state index contributed by atoms with van der Waals surface area (Å²) in [5.74, 6) is -1.52. The van der Waals surface area contributed by atoms with Crippen molar-refractivity contribution in [3.05, 3.63) is 64.2 Å². The van der Waals surface area contributed by atoms with Gasteiger partial charge in [0.1, 0.15) is 17.7 Å². The van der Waals surface area contributed by atoms with E-state index >= 15 is 0 Å². The van der Waals surface area contributed by atoms with Crippen molar-refractivity contribution in [2.45, 2.75) is 85.9 Å². The van der Waals surface area contributed by atoms with Crippen molar-refractivity contribution in [3.63, 3.8) is 0 Å². The smallest absolute Gasteiger partial charge is 0.408 e. The van der Waals surface area contributed by atoms with E-state index < -0.39 is 35.6 Å². The molecule has 4 N–H and O–H groups in total. The first kappa shape index (κ1) is 31.3. The van der Waals surface area contributed by atoms with Gasteiger partial charge < -0.3 is 26.0 Å². The molecule has 0 heterocycles. The summed E-state index contributed by atoms with van der Waals surface area (Å²) in [7, 11) is 0. The molecular formula is C30H42N4O5. The van der Waals surface area contributed by atoms with Gasteiger partial charge in [-0.05, 0) is 84.1 Å². The molecule has 0 spiro atoms. The molecule has 0 aliphatic rings. The zero-order valence-electron chi connectivity index (χ0n) is 24.3. The van der Waals surface area contributed by atoms with E-state index in [0.29, 0.717) is 11.3 Å². The van der Waals surface area contributed by atoms with Gasteiger partial charge in [-0.3, -0.25) is 14.4 Å². The van der Waals surface area contributed by atoms with Crippen LogP contribution in [0.4, 0.5) is 10.5 Å². The number of primary amides is 1. The predicted octanol–water partition coefficient (Wildman–Crippen LogP) is 4.61. The van der Waals surface area contributed by atoms with Crippen molar-refractivity contribution in [3.8, 4) is 0 Å². The van der Waals surface area contributed by atoms with Crippen molar-refractivity contribution >= 4 is 29.5 Å². The summed E-state index contributed by atoms with van der Waals surface area (Å²) < 4.78 is 5.35. The zero-order chi connectivity index (χ0) is 29.5. The van der Waals surface area contributed by atoms with E-state index in [-0.39, 0.29) is 25.3 Å². The van der Waals surface area contributed by atoms with Crippen LogP contribution in [0.3, 0.4) is 0 Å². The normalized spacial score (nSPS) is 12.7. The SMILES string of the molecule is CCN(C(=O)C(CCC(N)=O)NC(=O)OC(C)(C)C)C(C(=O)Nc1c(C)cccc1C)c1ccc(C)cc1C. The van der Waals surface area contributed by atoms with Crippen LogP contribution in [-0.4, -0.2) is 46.9 Å². The maximum Gasteiger partial charge on any atom is 0.408 e. The lowest BCUT2D eigenvalue weighted by molar-refractivity contribution is -0.140. The Bertz CT molecular complexity index is 1200. The molecule has 0 aliphatic carbocycles. The van der Waals surface area contributed by atoms with Gasteiger partial charge in [-0.25, -0.2) is 4.79 Å². The summed E-state index contributed by atoms with van der Waals surface area (Å²) in [5.41, 5.74) is 9.55. The number of anilines is 1. The van der Waals surface area contributed by atoms with Crippen LogP contribution in [0.5, 0.6) is 0 Å². The summed E-state index contributed by atoms with van der Waals surface area (Å²) in [4.78, 5) is 53.6. The highest BCUT2D eigenvalue weighted by atomic mass is 16.6. The molecule has 0 aliphatic heterocycles. The standard InChI is InChI=1S/C30H42N4O5/c1-9-34(28(37)23(15-16-24(31)35)32-29(38)39-30(6,7)8)26(22-14-13-18(2)17-21(22)5)27(36)33-25-19(3)11-10-12-20(25)4/h10-14,17,23,26H,9,15-16H2,1-8H3,(H2,31,35)(H,32,38)(H,33,36). The van der Waals surface area contributed by atoms with E-state index in [4.69, 9.17) is 10.5 Å². The summed E-state index contributed by atoms with van der Waals surface area (Å²) >= 11 is 0. The minimum Gasteiger partial charge on any atom is -0.444 e. The van der Waals surface area contributed by atoms with Crippen molar-refractivity contribution in [1.82, 2.24) is 10.2 Å². The number of benzene rings is 2. The number of nitrogens with two attached hydrogens (primary N) is 1. The van der Waals surface area contributed by atoms with Gasteiger partial charge in [0.2, 0.25) is 11.8 Å². The summed E-state index contributed by atoms with van der Waals surface area (Å²) in [5, 5.41) is 5.62. The number of nitrogens with zero attached hydrogens (tertiary/aromatic N) is 1. The Morgan fingerprint density at radius 3 is 2.10 bits per heavy atom.